The summed E-state index contributed by atoms with van der Waals surface area (Å²) in [5.41, 5.74) is 9.00. The summed E-state index contributed by atoms with van der Waals surface area (Å²) in [7, 11) is -20.3. The van der Waals surface area contributed by atoms with Crippen molar-refractivity contribution in [2.24, 2.45) is 10.2 Å². The van der Waals surface area contributed by atoms with Gasteiger partial charge in [-0.1, -0.05) is 0 Å². The molecule has 43 heteroatoms. The number of nitro benzene ring substituents is 2. The normalized spacial score (nSPS) is 14.2. The predicted octanol–water partition coefficient (Wildman–Crippen LogP) is 3.77. The van der Waals surface area contributed by atoms with Crippen LogP contribution in [-0.2, 0) is 57.8 Å². The topological polar surface area (TPSA) is 581 Å². The van der Waals surface area contributed by atoms with Crippen molar-refractivity contribution in [1.29, 1.82) is 0 Å². The third-order valence-corrected chi connectivity index (χ3v) is 13.8. The molecule has 36 nitrogen and oxygen atoms in total. The summed E-state index contributed by atoms with van der Waals surface area (Å²) in [6.07, 6.45) is 1.35. The van der Waals surface area contributed by atoms with E-state index in [1.165, 1.54) is 0 Å². The SMILES string of the molecule is Nc1nc(Cl)nc(Nc2cc(S(=O)(=O)O)cc3c2C(=O)/C(=N\Nc2cc([N+](=O)[O-])ccc2O)C(S(=O)(=O)O)=C3)n1.Nc1nc(Cl)nc(Nc2cc(S(=O)(=O)O)cc3c2C(=O)/C(=N\Nc2cc([N+](=O)[O-])ccc2O)C(S(=O)(=O)O)=C3)n1.[Cr].[H+].[H+].[H+].[H+].[H+]. The van der Waals surface area contributed by atoms with E-state index in [1.54, 1.807) is 0 Å². The number of phenolic OH excluding ortho intramolecular Hbond substituents is 2. The molecule has 422 valence electrons. The Morgan fingerprint density at radius 1 is 0.531 bits per heavy atom. The molecule has 0 fully saturated rings. The first-order valence-corrected chi connectivity index (χ1v) is 26.9. The predicted molar refractivity (Wildman–Crippen MR) is 282 cm³/mol. The van der Waals surface area contributed by atoms with Gasteiger partial charge in [0.1, 0.15) is 32.7 Å². The Kier molecular flexibility index (Phi) is 17.4. The Labute approximate surface area is 478 Å². The van der Waals surface area contributed by atoms with Crippen LogP contribution in [0.3, 0.4) is 0 Å². The Balaban J connectivity index is 0.000000804. The molecule has 0 saturated carbocycles. The third kappa shape index (κ3) is 14.1. The molecule has 2 aliphatic carbocycles. The molecule has 0 amide bonds. The van der Waals surface area contributed by atoms with E-state index >= 15 is 0 Å². The first-order valence-electron chi connectivity index (χ1n) is 20.4. The number of anilines is 8. The number of hydrogen-bond acceptors (Lipinski definition) is 30. The zero-order valence-electron chi connectivity index (χ0n) is 43.8. The zero-order chi connectivity index (χ0) is 59.1. The number of hydrogen-bond donors (Lipinski definition) is 12. The van der Waals surface area contributed by atoms with E-state index < -0.39 is 171 Å². The number of hydrazone groups is 2. The van der Waals surface area contributed by atoms with Gasteiger partial charge < -0.3 is 32.3 Å². The molecular weight excluding hydrogens is 1250 g/mol. The number of fused-ring (bicyclic) bond motifs is 2. The van der Waals surface area contributed by atoms with Crippen LogP contribution in [0, 0.1) is 20.2 Å². The smallest absolute Gasteiger partial charge is 0.506 e. The Morgan fingerprint density at radius 2 is 0.877 bits per heavy atom. The van der Waals surface area contributed by atoms with Gasteiger partial charge in [-0.25, -0.2) is 0 Å². The second-order valence-electron chi connectivity index (χ2n) is 15.3. The molecule has 0 aliphatic heterocycles. The number of phenols is 2. The molecule has 8 rings (SSSR count). The molecule has 0 spiro atoms. The molecule has 81 heavy (non-hydrogen) atoms. The van der Waals surface area contributed by atoms with Gasteiger partial charge in [0, 0.05) is 41.6 Å². The molecule has 4 aromatic carbocycles. The van der Waals surface area contributed by atoms with Gasteiger partial charge in [0.2, 0.25) is 45.9 Å². The quantitative estimate of drug-likeness (QED) is 0.0319. The van der Waals surface area contributed by atoms with Gasteiger partial charge in [-0.3, -0.25) is 58.9 Å². The van der Waals surface area contributed by atoms with Crippen LogP contribution in [0.5, 0.6) is 11.5 Å². The van der Waals surface area contributed by atoms with Crippen molar-refractivity contribution in [3.8, 4) is 11.5 Å². The standard InChI is InChI=1S/2C19H13ClN8O10S2.Cr/c2*20-17-23-18(21)25-19(24-17)22-11-6-9(39(33,34)35)3-7-4-13(40(36,37)38)15(16(30)14(7)11)27-26-10-5-8(28(31)32)1-2-12(10)29;/h2*1-6,26,29H,(H,33,34,35)(H,36,37,38)(H3,21,22,23,24,25);/p+5/b2*27-15-;. The average Bonchev–Trinajstić information content (AvgIpc) is 3.51. The largest absolute Gasteiger partial charge is 1.00 e. The molecule has 0 bridgehead atoms. The molecular formula is C38H31Cl2CrN16O20S4+5. The van der Waals surface area contributed by atoms with Crippen LogP contribution in [0.1, 0.15) is 39.0 Å². The number of carbonyl (C=O) groups excluding carboxylic acids is 2. The number of Topliss-reactive ketones (excluding diaryl/α,β-unsaturated/α-hetero) is 2. The number of allylic oxidation sites excluding steroid dienone is 2. The van der Waals surface area contributed by atoms with Crippen molar-refractivity contribution in [3.63, 3.8) is 0 Å². The van der Waals surface area contributed by atoms with Crippen LogP contribution >= 0.6 is 23.2 Å². The van der Waals surface area contributed by atoms with Gasteiger partial charge in [-0.2, -0.15) is 73.8 Å². The molecule has 2 aliphatic rings. The molecule has 6 aromatic rings. The average molecular weight is 1280 g/mol. The van der Waals surface area contributed by atoms with E-state index in [9.17, 15) is 91.9 Å². The van der Waals surface area contributed by atoms with Crippen LogP contribution < -0.4 is 33.0 Å². The summed E-state index contributed by atoms with van der Waals surface area (Å²) in [4.78, 5) is 65.8. The van der Waals surface area contributed by atoms with Crippen molar-refractivity contribution in [3.05, 3.63) is 124 Å². The number of carbonyl (C=O) groups is 2. The van der Waals surface area contributed by atoms with E-state index in [-0.39, 0.29) is 48.3 Å². The van der Waals surface area contributed by atoms with Crippen LogP contribution in [0.25, 0.3) is 12.2 Å². The first kappa shape index (κ1) is 61.2. The van der Waals surface area contributed by atoms with Gasteiger partial charge >= 0.3 is 7.13 Å². The van der Waals surface area contributed by atoms with Gasteiger partial charge in [-0.05, 0) is 82.9 Å². The fourth-order valence-corrected chi connectivity index (χ4v) is 9.49. The molecule has 0 atom stereocenters. The summed E-state index contributed by atoms with van der Waals surface area (Å²) in [5.74, 6) is -5.12. The second kappa shape index (κ2) is 23.0. The summed E-state index contributed by atoms with van der Waals surface area (Å²) < 4.78 is 135. The van der Waals surface area contributed by atoms with Crippen LogP contribution in [0.4, 0.5) is 57.9 Å². The monoisotopic (exact) mass is 1280 g/mol. The number of nitrogens with two attached hydrogens (primary N) is 2. The zero-order valence-corrected chi connectivity index (χ0v) is 44.8. The molecule has 2 aromatic heterocycles. The first-order chi connectivity index (χ1) is 37.1. The Morgan fingerprint density at radius 3 is 1.17 bits per heavy atom. The molecule has 0 saturated heterocycles. The number of nitrogens with one attached hydrogen (secondary N) is 4. The minimum absolute atomic E-state index is 0. The minimum Gasteiger partial charge on any atom is -0.506 e. The number of halogens is 2. The van der Waals surface area contributed by atoms with E-state index in [2.05, 4.69) is 61.6 Å². The Bertz CT molecular complexity index is 4060. The third-order valence-electron chi connectivity index (χ3n) is 10.1. The number of aromatic hydroxyl groups is 2. The van der Waals surface area contributed by atoms with E-state index in [0.29, 0.717) is 12.2 Å². The summed E-state index contributed by atoms with van der Waals surface area (Å²) in [6, 6.07) is 8.50. The number of nitrogens with zero attached hydrogens (tertiary/aromatic N) is 10. The van der Waals surface area contributed by atoms with Crippen LogP contribution in [0.15, 0.2) is 90.5 Å². The minimum atomic E-state index is -5.22. The van der Waals surface area contributed by atoms with Crippen molar-refractivity contribution in [2.45, 2.75) is 9.79 Å². The van der Waals surface area contributed by atoms with Gasteiger partial charge in [0.05, 0.1) is 42.1 Å². The molecule has 0 unspecified atom stereocenters. The van der Waals surface area contributed by atoms with E-state index in [0.717, 1.165) is 60.7 Å². The number of aromatic nitrogens is 6. The van der Waals surface area contributed by atoms with Crippen molar-refractivity contribution < 1.29 is 106 Å². The maximum Gasteiger partial charge on any atom is 1.00 e. The number of nitrogen functional groups attached to an aromatic ring is 2. The summed E-state index contributed by atoms with van der Waals surface area (Å²) >= 11 is 11.5. The van der Waals surface area contributed by atoms with E-state index in [1.807, 2.05) is 0 Å². The summed E-state index contributed by atoms with van der Waals surface area (Å²) in [5, 5.41) is 53.6. The van der Waals surface area contributed by atoms with Crippen LogP contribution in [-0.4, -0.2) is 125 Å². The fraction of sp³-hybridized carbons (Fsp3) is 0. The fourth-order valence-electron chi connectivity index (χ4n) is 6.76. The number of non-ortho nitro benzene ring substituents is 2. The van der Waals surface area contributed by atoms with E-state index in [4.69, 9.17) is 34.7 Å². The number of benzene rings is 4. The van der Waals surface area contributed by atoms with Crippen LogP contribution in [0.2, 0.25) is 10.6 Å². The number of rotatable bonds is 14. The van der Waals surface area contributed by atoms with Gasteiger partial charge in [-0.15, -0.1) is 0 Å². The van der Waals surface area contributed by atoms with Gasteiger partial charge in [0.25, 0.3) is 51.8 Å². The molecule has 2 heterocycles. The van der Waals surface area contributed by atoms with Crippen molar-refractivity contribution >= 4 is 157 Å². The number of nitro groups is 2. The second-order valence-corrected chi connectivity index (χ2v) is 21.6. The number of ketones is 2. The van der Waals surface area contributed by atoms with Crippen molar-refractivity contribution in [2.75, 3.05) is 33.0 Å². The molecule has 0 radical (unpaired) electrons. The maximum absolute atomic E-state index is 13.5. The van der Waals surface area contributed by atoms with Gasteiger partial charge in [0.15, 0.2) is 11.4 Å². The van der Waals surface area contributed by atoms with Crippen molar-refractivity contribution in [1.82, 2.24) is 29.9 Å². The summed E-state index contributed by atoms with van der Waals surface area (Å²) in [6.45, 7) is 0. The molecule has 14 N–H and O–H groups in total. The maximum atomic E-state index is 13.5. The Hall–Kier alpha value is -8.99.